The molecule has 0 aliphatic rings. The van der Waals surface area contributed by atoms with Crippen LogP contribution in [-0.4, -0.2) is 44.9 Å². The summed E-state index contributed by atoms with van der Waals surface area (Å²) >= 11 is 0. The van der Waals surface area contributed by atoms with E-state index in [-0.39, 0.29) is 25.2 Å². The summed E-state index contributed by atoms with van der Waals surface area (Å²) in [6, 6.07) is 15.4. The predicted molar refractivity (Wildman–Crippen MR) is 100 cm³/mol. The Hall–Kier alpha value is -2.37. The molecule has 1 atom stereocenters. The lowest BCUT2D eigenvalue weighted by molar-refractivity contribution is 0.0277. The average molecular weight is 342 g/mol. The van der Waals surface area contributed by atoms with E-state index in [4.69, 9.17) is 9.84 Å². The van der Waals surface area contributed by atoms with Crippen molar-refractivity contribution in [3.8, 4) is 0 Å². The highest BCUT2D eigenvalue weighted by Crippen LogP contribution is 2.18. The number of amides is 1. The molecule has 2 aromatic rings. The fraction of sp³-hybridized carbons (Fsp3) is 0.350. The number of nitrogens with zero attached hydrogens (tertiary/aromatic N) is 1. The van der Waals surface area contributed by atoms with Gasteiger partial charge in [-0.15, -0.1) is 0 Å². The van der Waals surface area contributed by atoms with Gasteiger partial charge < -0.3 is 20.1 Å². The molecule has 0 radical (unpaired) electrons. The molecule has 5 heteroatoms. The lowest BCUT2D eigenvalue weighted by atomic mass is 10.1. The van der Waals surface area contributed by atoms with Crippen LogP contribution in [-0.2, 0) is 4.74 Å². The maximum atomic E-state index is 12.4. The van der Waals surface area contributed by atoms with Crippen LogP contribution in [0.2, 0.25) is 0 Å². The molecular weight excluding hydrogens is 316 g/mol. The van der Waals surface area contributed by atoms with Crippen LogP contribution in [0.15, 0.2) is 48.5 Å². The molecule has 0 spiro atoms. The van der Waals surface area contributed by atoms with Gasteiger partial charge in [0, 0.05) is 31.9 Å². The zero-order chi connectivity index (χ0) is 18.2. The highest BCUT2D eigenvalue weighted by molar-refractivity contribution is 5.95. The van der Waals surface area contributed by atoms with Gasteiger partial charge >= 0.3 is 0 Å². The normalized spacial score (nSPS) is 11.8. The summed E-state index contributed by atoms with van der Waals surface area (Å²) in [5.74, 6) is -0.145. The van der Waals surface area contributed by atoms with E-state index in [1.54, 1.807) is 6.07 Å². The summed E-state index contributed by atoms with van der Waals surface area (Å²) < 4.78 is 5.69. The second kappa shape index (κ2) is 9.20. The summed E-state index contributed by atoms with van der Waals surface area (Å²) in [5.41, 5.74) is 3.71. The molecule has 0 saturated heterocycles. The minimum Gasteiger partial charge on any atom is -0.394 e. The molecule has 0 aliphatic carbocycles. The Morgan fingerprint density at radius 3 is 2.56 bits per heavy atom. The molecule has 2 aromatic carbocycles. The Morgan fingerprint density at radius 2 is 1.92 bits per heavy atom. The second-order valence-electron chi connectivity index (χ2n) is 6.15. The number of aliphatic hydroxyl groups is 1. The topological polar surface area (TPSA) is 61.8 Å². The highest BCUT2D eigenvalue weighted by atomic mass is 16.5. The van der Waals surface area contributed by atoms with Gasteiger partial charge in [0.05, 0.1) is 19.3 Å². The molecule has 1 amide bonds. The van der Waals surface area contributed by atoms with Crippen molar-refractivity contribution in [1.29, 1.82) is 0 Å². The third-order valence-electron chi connectivity index (χ3n) is 3.93. The van der Waals surface area contributed by atoms with Crippen LogP contribution in [0.3, 0.4) is 0 Å². The molecule has 0 fully saturated rings. The molecule has 2 N–H and O–H groups in total. The Bertz CT molecular complexity index is 684. The summed E-state index contributed by atoms with van der Waals surface area (Å²) in [5, 5.41) is 12.0. The van der Waals surface area contributed by atoms with Gasteiger partial charge in [-0.2, -0.15) is 0 Å². The standard InChI is InChI=1S/C20H26N2O3/c1-15-7-9-16(10-8-15)19(25-12-11-23)14-21-20(24)17-5-4-6-18(13-17)22(2)3/h4-10,13,19,23H,11-12,14H2,1-3H3,(H,21,24)/t19-/m1/s1. The fourth-order valence-electron chi connectivity index (χ4n) is 2.46. The molecule has 0 unspecified atom stereocenters. The van der Waals surface area contributed by atoms with Crippen LogP contribution >= 0.6 is 0 Å². The van der Waals surface area contributed by atoms with Gasteiger partial charge in [0.25, 0.3) is 5.91 Å². The largest absolute Gasteiger partial charge is 0.394 e. The molecular formula is C20H26N2O3. The molecule has 25 heavy (non-hydrogen) atoms. The van der Waals surface area contributed by atoms with E-state index in [0.29, 0.717) is 12.1 Å². The molecule has 0 aromatic heterocycles. The molecule has 2 rings (SSSR count). The second-order valence-corrected chi connectivity index (χ2v) is 6.15. The van der Waals surface area contributed by atoms with Crippen molar-refractivity contribution in [2.75, 3.05) is 38.8 Å². The van der Waals surface area contributed by atoms with E-state index < -0.39 is 0 Å². The molecule has 134 valence electrons. The minimum absolute atomic E-state index is 0.0544. The van der Waals surface area contributed by atoms with Crippen molar-refractivity contribution in [2.45, 2.75) is 13.0 Å². The monoisotopic (exact) mass is 342 g/mol. The highest BCUT2D eigenvalue weighted by Gasteiger charge is 2.14. The van der Waals surface area contributed by atoms with E-state index in [0.717, 1.165) is 16.8 Å². The number of hydrogen-bond acceptors (Lipinski definition) is 4. The van der Waals surface area contributed by atoms with Crippen LogP contribution in [0.1, 0.15) is 27.6 Å². The van der Waals surface area contributed by atoms with Gasteiger partial charge in [0.1, 0.15) is 0 Å². The minimum atomic E-state index is -0.297. The number of rotatable bonds is 8. The Kier molecular flexibility index (Phi) is 6.98. The third-order valence-corrected chi connectivity index (χ3v) is 3.93. The first-order chi connectivity index (χ1) is 12.0. The van der Waals surface area contributed by atoms with Gasteiger partial charge in [0.2, 0.25) is 0 Å². The van der Waals surface area contributed by atoms with Crippen LogP contribution < -0.4 is 10.2 Å². The number of aliphatic hydroxyl groups excluding tert-OH is 1. The van der Waals surface area contributed by atoms with Gasteiger partial charge in [-0.1, -0.05) is 35.9 Å². The number of ether oxygens (including phenoxy) is 1. The van der Waals surface area contributed by atoms with Crippen LogP contribution in [0, 0.1) is 6.92 Å². The number of carbonyl (C=O) groups excluding carboxylic acids is 1. The first-order valence-electron chi connectivity index (χ1n) is 8.36. The molecule has 0 bridgehead atoms. The van der Waals surface area contributed by atoms with Crippen LogP contribution in [0.25, 0.3) is 0 Å². The predicted octanol–water partition coefficient (Wildman–Crippen LogP) is 2.54. The van der Waals surface area contributed by atoms with E-state index in [1.807, 2.05) is 68.4 Å². The quantitative estimate of drug-likeness (QED) is 0.774. The van der Waals surface area contributed by atoms with Crippen molar-refractivity contribution < 1.29 is 14.6 Å². The smallest absolute Gasteiger partial charge is 0.251 e. The maximum Gasteiger partial charge on any atom is 0.251 e. The van der Waals surface area contributed by atoms with Gasteiger partial charge in [-0.05, 0) is 30.7 Å². The summed E-state index contributed by atoms with van der Waals surface area (Å²) in [7, 11) is 3.88. The van der Waals surface area contributed by atoms with Crippen molar-refractivity contribution in [3.05, 3.63) is 65.2 Å². The van der Waals surface area contributed by atoms with Crippen molar-refractivity contribution in [1.82, 2.24) is 5.32 Å². The van der Waals surface area contributed by atoms with Gasteiger partial charge in [-0.25, -0.2) is 0 Å². The first kappa shape index (κ1) is 19.0. The van der Waals surface area contributed by atoms with Crippen molar-refractivity contribution in [2.24, 2.45) is 0 Å². The molecule has 0 heterocycles. The van der Waals surface area contributed by atoms with Crippen LogP contribution in [0.4, 0.5) is 5.69 Å². The van der Waals surface area contributed by atoms with E-state index in [1.165, 1.54) is 0 Å². The van der Waals surface area contributed by atoms with E-state index >= 15 is 0 Å². The number of aryl methyl sites for hydroxylation is 1. The average Bonchev–Trinajstić information content (AvgIpc) is 2.62. The summed E-state index contributed by atoms with van der Waals surface area (Å²) in [4.78, 5) is 14.4. The van der Waals surface area contributed by atoms with Gasteiger partial charge in [-0.3, -0.25) is 4.79 Å². The summed E-state index contributed by atoms with van der Waals surface area (Å²) in [6.07, 6.45) is -0.297. The van der Waals surface area contributed by atoms with Crippen LogP contribution in [0.5, 0.6) is 0 Å². The number of hydrogen-bond donors (Lipinski definition) is 2. The Labute approximate surface area is 149 Å². The Morgan fingerprint density at radius 1 is 1.20 bits per heavy atom. The molecule has 5 nitrogen and oxygen atoms in total. The van der Waals surface area contributed by atoms with Crippen molar-refractivity contribution >= 4 is 11.6 Å². The number of benzene rings is 2. The molecule has 0 aliphatic heterocycles. The lowest BCUT2D eigenvalue weighted by Gasteiger charge is -2.19. The van der Waals surface area contributed by atoms with E-state index in [9.17, 15) is 4.79 Å². The van der Waals surface area contributed by atoms with Crippen molar-refractivity contribution in [3.63, 3.8) is 0 Å². The third kappa shape index (κ3) is 5.59. The summed E-state index contributed by atoms with van der Waals surface area (Å²) in [6.45, 7) is 2.53. The zero-order valence-corrected chi connectivity index (χ0v) is 15.0. The number of anilines is 1. The molecule has 0 saturated carbocycles. The lowest BCUT2D eigenvalue weighted by Crippen LogP contribution is -2.30. The van der Waals surface area contributed by atoms with Gasteiger partial charge in [0.15, 0.2) is 0 Å². The number of carbonyl (C=O) groups is 1. The van der Waals surface area contributed by atoms with E-state index in [2.05, 4.69) is 5.32 Å². The number of nitrogens with one attached hydrogen (secondary N) is 1. The zero-order valence-electron chi connectivity index (χ0n) is 15.0. The maximum absolute atomic E-state index is 12.4. The first-order valence-corrected chi connectivity index (χ1v) is 8.36. The fourth-order valence-corrected chi connectivity index (χ4v) is 2.46. The SMILES string of the molecule is Cc1ccc([C@@H](CNC(=O)c2cccc(N(C)C)c2)OCCO)cc1. The Balaban J connectivity index is 2.05.